The summed E-state index contributed by atoms with van der Waals surface area (Å²) in [5.74, 6) is -0.815. The van der Waals surface area contributed by atoms with E-state index in [2.05, 4.69) is 0 Å². The van der Waals surface area contributed by atoms with Crippen LogP contribution in [0, 0.1) is 0 Å². The Bertz CT molecular complexity index is 1230. The van der Waals surface area contributed by atoms with Gasteiger partial charge in [-0.3, -0.25) is 14.5 Å². The Kier molecular flexibility index (Phi) is 6.58. The molecule has 190 valence electrons. The van der Waals surface area contributed by atoms with Crippen LogP contribution in [0.2, 0.25) is 0 Å². The van der Waals surface area contributed by atoms with Crippen LogP contribution in [0.15, 0.2) is 84.9 Å². The zero-order valence-electron chi connectivity index (χ0n) is 20.3. The first-order valence-electron chi connectivity index (χ1n) is 12.3. The van der Waals surface area contributed by atoms with E-state index >= 15 is 0 Å². The number of carbonyl (C=O) groups is 2. The van der Waals surface area contributed by atoms with Crippen LogP contribution in [0.1, 0.15) is 38.1 Å². The molecule has 3 heterocycles. The lowest BCUT2D eigenvalue weighted by Gasteiger charge is -2.50. The van der Waals surface area contributed by atoms with Crippen molar-refractivity contribution in [2.75, 3.05) is 13.7 Å². The van der Waals surface area contributed by atoms with Crippen molar-refractivity contribution in [3.63, 3.8) is 0 Å². The highest BCUT2D eigenvalue weighted by molar-refractivity contribution is 6.21. The maximum Gasteiger partial charge on any atom is 0.262 e. The fourth-order valence-corrected chi connectivity index (χ4v) is 5.24. The second-order valence-electron chi connectivity index (χ2n) is 9.23. The standard InChI is InChI=1S/C29H27NO7/c1-33-29-23(30-26(31)20-14-8-9-15-21(20)27(30)32)25(34-16-18-10-4-2-5-11-18)24-22(36-29)17-35-28(37-24)19-12-6-3-7-13-19/h2-15,22-25,28-29H,16-17H2,1H3/t22-,23-,24-,25-,28-,29-/m1/s1. The molecule has 0 aliphatic carbocycles. The van der Waals surface area contributed by atoms with E-state index in [1.807, 2.05) is 60.7 Å². The van der Waals surface area contributed by atoms with Crippen molar-refractivity contribution < 1.29 is 33.3 Å². The van der Waals surface area contributed by atoms with Crippen LogP contribution in [0.3, 0.4) is 0 Å². The third-order valence-electron chi connectivity index (χ3n) is 7.02. The second-order valence-corrected chi connectivity index (χ2v) is 9.23. The van der Waals surface area contributed by atoms with Gasteiger partial charge in [0.05, 0.1) is 24.3 Å². The zero-order chi connectivity index (χ0) is 25.4. The molecule has 3 aromatic rings. The molecule has 3 aliphatic heterocycles. The van der Waals surface area contributed by atoms with Gasteiger partial charge in [0.25, 0.3) is 11.8 Å². The van der Waals surface area contributed by atoms with Gasteiger partial charge in [-0.2, -0.15) is 0 Å². The van der Waals surface area contributed by atoms with Gasteiger partial charge in [-0.15, -0.1) is 0 Å². The molecule has 2 amide bonds. The Hall–Kier alpha value is -3.40. The van der Waals surface area contributed by atoms with Gasteiger partial charge in [0.1, 0.15) is 24.4 Å². The summed E-state index contributed by atoms with van der Waals surface area (Å²) in [6, 6.07) is 25.2. The van der Waals surface area contributed by atoms with E-state index < -0.39 is 48.7 Å². The van der Waals surface area contributed by atoms with Crippen molar-refractivity contribution in [3.05, 3.63) is 107 Å². The molecule has 8 heteroatoms. The van der Waals surface area contributed by atoms with E-state index in [4.69, 9.17) is 23.7 Å². The van der Waals surface area contributed by atoms with Crippen molar-refractivity contribution in [1.29, 1.82) is 0 Å². The van der Waals surface area contributed by atoms with E-state index in [9.17, 15) is 9.59 Å². The average Bonchev–Trinajstić information content (AvgIpc) is 3.21. The van der Waals surface area contributed by atoms with Gasteiger partial charge in [-0.05, 0) is 17.7 Å². The fraction of sp³-hybridized carbons (Fsp3) is 0.310. The van der Waals surface area contributed by atoms with Crippen LogP contribution >= 0.6 is 0 Å². The summed E-state index contributed by atoms with van der Waals surface area (Å²) >= 11 is 0. The molecule has 8 nitrogen and oxygen atoms in total. The molecule has 3 aliphatic rings. The SMILES string of the molecule is CO[C@@H]1O[C@@H]2CO[C@@H](c3ccccc3)O[C@H]2[C@H](OCc2ccccc2)[C@H]1N1C(=O)c2ccccc2C1=O. The molecular weight excluding hydrogens is 474 g/mol. The lowest BCUT2D eigenvalue weighted by atomic mass is 9.94. The largest absolute Gasteiger partial charge is 0.368 e. The minimum Gasteiger partial charge on any atom is -0.368 e. The molecule has 2 fully saturated rings. The summed E-state index contributed by atoms with van der Waals surface area (Å²) in [6.07, 6.45) is -3.44. The molecular formula is C29H27NO7. The van der Waals surface area contributed by atoms with Gasteiger partial charge >= 0.3 is 0 Å². The van der Waals surface area contributed by atoms with E-state index in [0.717, 1.165) is 11.1 Å². The molecule has 37 heavy (non-hydrogen) atoms. The smallest absolute Gasteiger partial charge is 0.262 e. The minimum atomic E-state index is -0.926. The topological polar surface area (TPSA) is 83.5 Å². The normalized spacial score (nSPS) is 29.2. The summed E-state index contributed by atoms with van der Waals surface area (Å²) in [7, 11) is 1.49. The quantitative estimate of drug-likeness (QED) is 0.476. The van der Waals surface area contributed by atoms with E-state index in [1.54, 1.807) is 24.3 Å². The Morgan fingerprint density at radius 3 is 2.11 bits per heavy atom. The molecule has 0 aromatic heterocycles. The molecule has 0 unspecified atom stereocenters. The monoisotopic (exact) mass is 501 g/mol. The molecule has 0 saturated carbocycles. The van der Waals surface area contributed by atoms with Gasteiger partial charge < -0.3 is 23.7 Å². The molecule has 6 rings (SSSR count). The highest BCUT2D eigenvalue weighted by Crippen LogP contribution is 2.39. The maximum atomic E-state index is 13.5. The first kappa shape index (κ1) is 24.0. The van der Waals surface area contributed by atoms with Crippen molar-refractivity contribution in [2.45, 2.75) is 43.5 Å². The highest BCUT2D eigenvalue weighted by Gasteiger charge is 2.56. The predicted octanol–water partition coefficient (Wildman–Crippen LogP) is 3.72. The molecule has 3 aromatic carbocycles. The molecule has 0 spiro atoms. The van der Waals surface area contributed by atoms with Gasteiger partial charge in [-0.25, -0.2) is 0 Å². The third kappa shape index (κ3) is 4.37. The van der Waals surface area contributed by atoms with E-state index in [-0.39, 0.29) is 13.2 Å². The number of hydrogen-bond donors (Lipinski definition) is 0. The summed E-state index contributed by atoms with van der Waals surface area (Å²) in [6.45, 7) is 0.495. The lowest BCUT2D eigenvalue weighted by Crippen LogP contribution is -2.68. The number of imide groups is 1. The number of fused-ring (bicyclic) bond motifs is 2. The molecule has 2 saturated heterocycles. The predicted molar refractivity (Wildman–Crippen MR) is 131 cm³/mol. The third-order valence-corrected chi connectivity index (χ3v) is 7.02. The van der Waals surface area contributed by atoms with Crippen molar-refractivity contribution in [3.8, 4) is 0 Å². The average molecular weight is 502 g/mol. The zero-order valence-corrected chi connectivity index (χ0v) is 20.3. The number of methoxy groups -OCH3 is 1. The number of ether oxygens (including phenoxy) is 5. The Balaban J connectivity index is 1.37. The van der Waals surface area contributed by atoms with Gasteiger partial charge in [0.15, 0.2) is 12.6 Å². The van der Waals surface area contributed by atoms with Crippen LogP contribution in [0.4, 0.5) is 0 Å². The maximum absolute atomic E-state index is 13.5. The Labute approximate surface area is 214 Å². The lowest BCUT2D eigenvalue weighted by molar-refractivity contribution is -0.351. The minimum absolute atomic E-state index is 0.240. The van der Waals surface area contributed by atoms with E-state index in [0.29, 0.717) is 11.1 Å². The first-order chi connectivity index (χ1) is 18.2. The summed E-state index contributed by atoms with van der Waals surface area (Å²) < 4.78 is 30.8. The van der Waals surface area contributed by atoms with Crippen LogP contribution in [-0.2, 0) is 30.3 Å². The first-order valence-corrected chi connectivity index (χ1v) is 12.3. The molecule has 6 atom stereocenters. The highest BCUT2D eigenvalue weighted by atomic mass is 16.7. The van der Waals surface area contributed by atoms with Gasteiger partial charge in [-0.1, -0.05) is 72.8 Å². The fourth-order valence-electron chi connectivity index (χ4n) is 5.24. The second kappa shape index (κ2) is 10.2. The van der Waals surface area contributed by atoms with Crippen molar-refractivity contribution in [1.82, 2.24) is 4.90 Å². The van der Waals surface area contributed by atoms with Crippen molar-refractivity contribution >= 4 is 11.8 Å². The Morgan fingerprint density at radius 1 is 0.838 bits per heavy atom. The van der Waals surface area contributed by atoms with E-state index in [1.165, 1.54) is 12.0 Å². The molecule has 0 radical (unpaired) electrons. The number of benzene rings is 3. The van der Waals surface area contributed by atoms with Crippen LogP contribution in [0.5, 0.6) is 0 Å². The van der Waals surface area contributed by atoms with Crippen LogP contribution in [0.25, 0.3) is 0 Å². The number of nitrogens with zero attached hydrogens (tertiary/aromatic N) is 1. The molecule has 0 N–H and O–H groups in total. The summed E-state index contributed by atoms with van der Waals surface area (Å²) in [5, 5.41) is 0. The van der Waals surface area contributed by atoms with Gasteiger partial charge in [0, 0.05) is 12.7 Å². The number of hydrogen-bond acceptors (Lipinski definition) is 7. The van der Waals surface area contributed by atoms with Gasteiger partial charge in [0.2, 0.25) is 0 Å². The van der Waals surface area contributed by atoms with Crippen molar-refractivity contribution in [2.24, 2.45) is 0 Å². The number of amides is 2. The summed E-state index contributed by atoms with van der Waals surface area (Å²) in [4.78, 5) is 28.2. The Morgan fingerprint density at radius 2 is 1.46 bits per heavy atom. The van der Waals surface area contributed by atoms with Crippen LogP contribution in [-0.4, -0.2) is 61.1 Å². The number of carbonyl (C=O) groups excluding carboxylic acids is 2. The summed E-state index contributed by atoms with van der Waals surface area (Å²) in [5.41, 5.74) is 2.50. The van der Waals surface area contributed by atoms with Crippen LogP contribution < -0.4 is 0 Å². The number of rotatable bonds is 6. The molecule has 0 bridgehead atoms.